The Labute approximate surface area is 145 Å². The molecule has 3 rings (SSSR count). The molecule has 4 nitrogen and oxygen atoms in total. The summed E-state index contributed by atoms with van der Waals surface area (Å²) in [5, 5.41) is 0. The third kappa shape index (κ3) is 4.06. The van der Waals surface area contributed by atoms with Gasteiger partial charge in [-0.3, -0.25) is 4.79 Å². The third-order valence-electron chi connectivity index (χ3n) is 4.72. The topological polar surface area (TPSA) is 46.3 Å². The van der Waals surface area contributed by atoms with Crippen molar-refractivity contribution in [3.05, 3.63) is 41.9 Å². The van der Waals surface area contributed by atoms with E-state index >= 15 is 0 Å². The van der Waals surface area contributed by atoms with Crippen LogP contribution in [0.1, 0.15) is 44.9 Å². The van der Waals surface area contributed by atoms with Crippen LogP contribution in [0.4, 0.5) is 8.78 Å². The molecule has 1 aromatic carbocycles. The van der Waals surface area contributed by atoms with Gasteiger partial charge in [0.25, 0.3) is 0 Å². The summed E-state index contributed by atoms with van der Waals surface area (Å²) in [4.78, 5) is 18.5. The van der Waals surface area contributed by atoms with Crippen LogP contribution in [0.5, 0.6) is 0 Å². The number of oxazole rings is 1. The van der Waals surface area contributed by atoms with Crippen LogP contribution in [-0.2, 0) is 11.2 Å². The van der Waals surface area contributed by atoms with E-state index in [4.69, 9.17) is 4.42 Å². The van der Waals surface area contributed by atoms with Crippen LogP contribution in [0, 0.1) is 11.6 Å². The van der Waals surface area contributed by atoms with Crippen LogP contribution in [0.3, 0.4) is 0 Å². The number of nitrogens with zero attached hydrogens (tertiary/aromatic N) is 2. The van der Waals surface area contributed by atoms with Crippen LogP contribution < -0.4 is 0 Å². The van der Waals surface area contributed by atoms with Crippen molar-refractivity contribution in [3.63, 3.8) is 0 Å². The largest absolute Gasteiger partial charge is 0.441 e. The van der Waals surface area contributed by atoms with Gasteiger partial charge in [-0.25, -0.2) is 13.8 Å². The van der Waals surface area contributed by atoms with E-state index in [0.717, 1.165) is 31.9 Å². The van der Waals surface area contributed by atoms with Crippen LogP contribution in [0.2, 0.25) is 0 Å². The van der Waals surface area contributed by atoms with Gasteiger partial charge in [-0.05, 0) is 37.8 Å². The molecule has 134 valence electrons. The summed E-state index contributed by atoms with van der Waals surface area (Å²) >= 11 is 0. The Hall–Kier alpha value is -2.24. The molecule has 0 spiro atoms. The van der Waals surface area contributed by atoms with Crippen molar-refractivity contribution in [3.8, 4) is 11.3 Å². The van der Waals surface area contributed by atoms with Gasteiger partial charge in [0.15, 0.2) is 11.7 Å². The second-order valence-corrected chi connectivity index (χ2v) is 6.39. The van der Waals surface area contributed by atoms with E-state index in [1.807, 2.05) is 4.90 Å². The van der Waals surface area contributed by atoms with E-state index in [1.54, 1.807) is 0 Å². The number of aryl methyl sites for hydroxylation is 1. The summed E-state index contributed by atoms with van der Waals surface area (Å²) in [6, 6.07) is 3.63. The number of likely N-dealkylation sites (tertiary alicyclic amines) is 1. The van der Waals surface area contributed by atoms with E-state index in [2.05, 4.69) is 11.9 Å². The molecule has 25 heavy (non-hydrogen) atoms. The number of hydrogen-bond donors (Lipinski definition) is 0. The maximum atomic E-state index is 13.8. The highest BCUT2D eigenvalue weighted by atomic mass is 19.1. The van der Waals surface area contributed by atoms with Gasteiger partial charge < -0.3 is 9.32 Å². The highest BCUT2D eigenvalue weighted by Crippen LogP contribution is 2.25. The predicted octanol–water partition coefficient (Wildman–Crippen LogP) is 4.34. The van der Waals surface area contributed by atoms with Crippen LogP contribution in [0.25, 0.3) is 11.3 Å². The van der Waals surface area contributed by atoms with Gasteiger partial charge in [0.2, 0.25) is 5.91 Å². The lowest BCUT2D eigenvalue weighted by Gasteiger charge is -2.35. The number of amides is 1. The molecule has 0 aliphatic carbocycles. The standard InChI is InChI=1S/C19H22F2N2O2/c1-2-14-5-3-4-10-23(14)19(24)9-8-18-22-12-17(25-18)15-7-6-13(20)11-16(15)21/h6-7,11-12,14H,2-5,8-10H2,1H3. The molecule has 1 saturated heterocycles. The number of halogens is 2. The van der Waals surface area contributed by atoms with Crippen LogP contribution in [-0.4, -0.2) is 28.4 Å². The van der Waals surface area contributed by atoms with E-state index in [1.165, 1.54) is 24.8 Å². The van der Waals surface area contributed by atoms with Crippen LogP contribution in [0.15, 0.2) is 28.8 Å². The SMILES string of the molecule is CCC1CCCCN1C(=O)CCc1ncc(-c2ccc(F)cc2F)o1. The van der Waals surface area contributed by atoms with E-state index in [0.29, 0.717) is 24.8 Å². The lowest BCUT2D eigenvalue weighted by molar-refractivity contribution is -0.135. The van der Waals surface area contributed by atoms with Gasteiger partial charge in [0.05, 0.1) is 11.8 Å². The van der Waals surface area contributed by atoms with Gasteiger partial charge in [-0.15, -0.1) is 0 Å². The molecule has 1 amide bonds. The van der Waals surface area contributed by atoms with Gasteiger partial charge in [0.1, 0.15) is 11.6 Å². The molecule has 1 atom stereocenters. The first-order valence-electron chi connectivity index (χ1n) is 8.78. The highest BCUT2D eigenvalue weighted by molar-refractivity contribution is 5.76. The minimum absolute atomic E-state index is 0.110. The third-order valence-corrected chi connectivity index (χ3v) is 4.72. The Kier molecular flexibility index (Phi) is 5.46. The molecular weight excluding hydrogens is 326 g/mol. The summed E-state index contributed by atoms with van der Waals surface area (Å²) in [6.45, 7) is 2.92. The number of benzene rings is 1. The second kappa shape index (κ2) is 7.76. The van der Waals surface area contributed by atoms with E-state index < -0.39 is 11.6 Å². The fraction of sp³-hybridized carbons (Fsp3) is 0.474. The Morgan fingerprint density at radius 2 is 2.20 bits per heavy atom. The number of carbonyl (C=O) groups is 1. The molecule has 0 radical (unpaired) electrons. The second-order valence-electron chi connectivity index (χ2n) is 6.39. The summed E-state index contributed by atoms with van der Waals surface area (Å²) in [5.74, 6) is -0.600. The van der Waals surface area contributed by atoms with Crippen LogP contribution >= 0.6 is 0 Å². The lowest BCUT2D eigenvalue weighted by Crippen LogP contribution is -2.43. The number of hydrogen-bond acceptors (Lipinski definition) is 3. The van der Waals surface area contributed by atoms with Crippen molar-refractivity contribution in [2.24, 2.45) is 0 Å². The zero-order chi connectivity index (χ0) is 17.8. The van der Waals surface area contributed by atoms with Gasteiger partial charge >= 0.3 is 0 Å². The van der Waals surface area contributed by atoms with Gasteiger partial charge in [0, 0.05) is 31.5 Å². The first-order valence-corrected chi connectivity index (χ1v) is 8.78. The Morgan fingerprint density at radius 3 is 2.96 bits per heavy atom. The van der Waals surface area contributed by atoms with E-state index in [-0.39, 0.29) is 17.2 Å². The molecule has 1 aromatic heterocycles. The Morgan fingerprint density at radius 1 is 1.36 bits per heavy atom. The number of rotatable bonds is 5. The average Bonchev–Trinajstić information content (AvgIpc) is 3.08. The summed E-state index contributed by atoms with van der Waals surface area (Å²) in [6.07, 6.45) is 6.36. The molecule has 0 bridgehead atoms. The van der Waals surface area contributed by atoms with Gasteiger partial charge in [-0.2, -0.15) is 0 Å². The molecule has 1 unspecified atom stereocenters. The van der Waals surface area contributed by atoms with Gasteiger partial charge in [-0.1, -0.05) is 6.92 Å². The minimum Gasteiger partial charge on any atom is -0.441 e. The highest BCUT2D eigenvalue weighted by Gasteiger charge is 2.25. The Bertz CT molecular complexity index is 745. The predicted molar refractivity (Wildman–Crippen MR) is 89.8 cm³/mol. The molecule has 1 aliphatic rings. The maximum absolute atomic E-state index is 13.8. The average molecular weight is 348 g/mol. The van der Waals surface area contributed by atoms with Crippen molar-refractivity contribution in [2.45, 2.75) is 51.5 Å². The van der Waals surface area contributed by atoms with E-state index in [9.17, 15) is 13.6 Å². The van der Waals surface area contributed by atoms with Crippen molar-refractivity contribution in [2.75, 3.05) is 6.54 Å². The first kappa shape index (κ1) is 17.6. The summed E-state index contributed by atoms with van der Waals surface area (Å²) in [7, 11) is 0. The molecule has 0 N–H and O–H groups in total. The number of aromatic nitrogens is 1. The first-order chi connectivity index (χ1) is 12.1. The molecule has 6 heteroatoms. The smallest absolute Gasteiger partial charge is 0.223 e. The normalized spacial score (nSPS) is 17.7. The molecule has 0 saturated carbocycles. The molecule has 1 aliphatic heterocycles. The molecule has 2 aromatic rings. The molecule has 1 fully saturated rings. The monoisotopic (exact) mass is 348 g/mol. The molecular formula is C19H22F2N2O2. The number of piperidine rings is 1. The number of carbonyl (C=O) groups excluding carboxylic acids is 1. The quantitative estimate of drug-likeness (QED) is 0.807. The summed E-state index contributed by atoms with van der Waals surface area (Å²) in [5.41, 5.74) is 0.161. The Balaban J connectivity index is 1.62. The molecule has 2 heterocycles. The minimum atomic E-state index is -0.696. The van der Waals surface area contributed by atoms with Crippen molar-refractivity contribution >= 4 is 5.91 Å². The van der Waals surface area contributed by atoms with Crippen molar-refractivity contribution in [1.82, 2.24) is 9.88 Å². The summed E-state index contributed by atoms with van der Waals surface area (Å²) < 4.78 is 32.3. The fourth-order valence-corrected chi connectivity index (χ4v) is 3.35. The van der Waals surface area contributed by atoms with Crippen molar-refractivity contribution < 1.29 is 18.0 Å². The lowest BCUT2D eigenvalue weighted by atomic mass is 9.99. The zero-order valence-corrected chi connectivity index (χ0v) is 14.3. The van der Waals surface area contributed by atoms with Crippen molar-refractivity contribution in [1.29, 1.82) is 0 Å². The fourth-order valence-electron chi connectivity index (χ4n) is 3.35. The maximum Gasteiger partial charge on any atom is 0.223 e. The zero-order valence-electron chi connectivity index (χ0n) is 14.3.